The molecular weight excluding hydrogens is 524 g/mol. The number of hydrogen-bond donors (Lipinski definition) is 0. The fourth-order valence-electron chi connectivity index (χ4n) is 5.15. The molecule has 1 heterocycles. The van der Waals surface area contributed by atoms with Gasteiger partial charge in [-0.05, 0) is 66.6 Å². The molecule has 0 spiro atoms. The zero-order valence-corrected chi connectivity index (χ0v) is 23.1. The number of fused-ring (bicyclic) bond motifs is 3. The van der Waals surface area contributed by atoms with Crippen molar-refractivity contribution in [2.75, 3.05) is 0 Å². The second-order valence-electron chi connectivity index (χ2n) is 9.99. The van der Waals surface area contributed by atoms with E-state index >= 15 is 0 Å². The van der Waals surface area contributed by atoms with Gasteiger partial charge >= 0.3 is 5.97 Å². The molecule has 0 aliphatic heterocycles. The summed E-state index contributed by atoms with van der Waals surface area (Å²) in [6, 6.07) is 38.7. The quantitative estimate of drug-likeness (QED) is 0.0879. The van der Waals surface area contributed by atoms with E-state index in [1.165, 1.54) is 13.8 Å². The lowest BCUT2D eigenvalue weighted by atomic mass is 9.99. The summed E-state index contributed by atoms with van der Waals surface area (Å²) in [5, 5.41) is 5.52. The van der Waals surface area contributed by atoms with E-state index < -0.39 is 5.97 Å². The van der Waals surface area contributed by atoms with E-state index in [0.717, 1.165) is 38.6 Å². The number of oxime groups is 1. The van der Waals surface area contributed by atoms with Crippen LogP contribution in [0, 0.1) is 0 Å². The van der Waals surface area contributed by atoms with Crippen LogP contribution in [0.1, 0.15) is 40.1 Å². The number of benzene rings is 5. The Hall–Kier alpha value is -5.62. The van der Waals surface area contributed by atoms with E-state index in [4.69, 9.17) is 0 Å². The molecule has 0 aliphatic carbocycles. The van der Waals surface area contributed by atoms with Gasteiger partial charge in [-0.25, -0.2) is 4.79 Å². The van der Waals surface area contributed by atoms with Crippen LogP contribution in [0.4, 0.5) is 0 Å². The third-order valence-electron chi connectivity index (χ3n) is 7.22. The Labute approximate surface area is 242 Å². The molecule has 0 atom stereocenters. The summed E-state index contributed by atoms with van der Waals surface area (Å²) in [7, 11) is 0. The van der Waals surface area contributed by atoms with E-state index in [1.54, 1.807) is 6.07 Å². The van der Waals surface area contributed by atoms with Crippen LogP contribution in [-0.4, -0.2) is 27.8 Å². The molecular formula is C36H26N2O4. The van der Waals surface area contributed by atoms with Gasteiger partial charge in [-0.2, -0.15) is 0 Å². The highest BCUT2D eigenvalue weighted by molar-refractivity contribution is 6.45. The highest BCUT2D eigenvalue weighted by Crippen LogP contribution is 2.33. The standard InChI is InChI=1S/C36H26N2O4/c1-23(37-42-24(2)39)35(40)29-18-21-34-32(22-29)31-10-6-7-11-33(31)38(34)30-19-16-28(17-20-30)36(41)27-14-12-26(13-15-27)25-8-4-3-5-9-25/h3-22H,1-2H3. The minimum Gasteiger partial charge on any atom is -0.318 e. The summed E-state index contributed by atoms with van der Waals surface area (Å²) >= 11 is 0. The van der Waals surface area contributed by atoms with Crippen molar-refractivity contribution in [3.63, 3.8) is 0 Å². The van der Waals surface area contributed by atoms with Crippen LogP contribution in [-0.2, 0) is 9.63 Å². The SMILES string of the molecule is CC(=O)ON=C(C)C(=O)c1ccc2c(c1)c1ccccc1n2-c1ccc(C(=O)c2ccc(-c3ccccc3)cc2)cc1. The predicted molar refractivity (Wildman–Crippen MR) is 165 cm³/mol. The smallest absolute Gasteiger partial charge is 0.318 e. The van der Waals surface area contributed by atoms with Crippen LogP contribution in [0.2, 0.25) is 0 Å². The maximum Gasteiger partial charge on any atom is 0.331 e. The van der Waals surface area contributed by atoms with Crippen molar-refractivity contribution >= 4 is 45.1 Å². The average Bonchev–Trinajstić information content (AvgIpc) is 3.37. The Balaban J connectivity index is 1.33. The minimum atomic E-state index is -0.589. The van der Waals surface area contributed by atoms with Crippen LogP contribution in [0.5, 0.6) is 0 Å². The number of nitrogens with zero attached hydrogens (tertiary/aromatic N) is 2. The molecule has 0 radical (unpaired) electrons. The van der Waals surface area contributed by atoms with Crippen LogP contribution in [0.3, 0.4) is 0 Å². The summed E-state index contributed by atoms with van der Waals surface area (Å²) < 4.78 is 2.11. The summed E-state index contributed by atoms with van der Waals surface area (Å²) in [5.41, 5.74) is 6.70. The van der Waals surface area contributed by atoms with Crippen molar-refractivity contribution in [3.05, 3.63) is 138 Å². The number of para-hydroxylation sites is 1. The third kappa shape index (κ3) is 5.02. The topological polar surface area (TPSA) is 77.7 Å². The largest absolute Gasteiger partial charge is 0.331 e. The minimum absolute atomic E-state index is 0.0441. The highest BCUT2D eigenvalue weighted by atomic mass is 16.7. The van der Waals surface area contributed by atoms with Gasteiger partial charge in [0.2, 0.25) is 5.78 Å². The average molecular weight is 551 g/mol. The lowest BCUT2D eigenvalue weighted by molar-refractivity contribution is -0.140. The molecule has 0 saturated carbocycles. The van der Waals surface area contributed by atoms with Crippen LogP contribution in [0.25, 0.3) is 38.6 Å². The number of hydrogen-bond acceptors (Lipinski definition) is 5. The van der Waals surface area contributed by atoms with Crippen LogP contribution < -0.4 is 0 Å². The van der Waals surface area contributed by atoms with E-state index in [9.17, 15) is 14.4 Å². The lowest BCUT2D eigenvalue weighted by Crippen LogP contribution is -2.11. The number of carbonyl (C=O) groups is 3. The van der Waals surface area contributed by atoms with Crippen LogP contribution >= 0.6 is 0 Å². The maximum absolute atomic E-state index is 13.3. The van der Waals surface area contributed by atoms with Crippen molar-refractivity contribution in [1.29, 1.82) is 0 Å². The molecule has 0 bridgehead atoms. The zero-order valence-electron chi connectivity index (χ0n) is 23.1. The van der Waals surface area contributed by atoms with Gasteiger partial charge in [0, 0.05) is 40.1 Å². The summed E-state index contributed by atoms with van der Waals surface area (Å²) in [6.07, 6.45) is 0. The Kier molecular flexibility index (Phi) is 7.03. The summed E-state index contributed by atoms with van der Waals surface area (Å²) in [6.45, 7) is 2.74. The number of aromatic nitrogens is 1. The van der Waals surface area contributed by atoms with Gasteiger partial charge in [-0.15, -0.1) is 0 Å². The Morgan fingerprint density at radius 2 is 1.17 bits per heavy atom. The Bertz CT molecular complexity index is 2000. The predicted octanol–water partition coefficient (Wildman–Crippen LogP) is 7.80. The second kappa shape index (κ2) is 11.1. The first kappa shape index (κ1) is 26.6. The lowest BCUT2D eigenvalue weighted by Gasteiger charge is -2.10. The third-order valence-corrected chi connectivity index (χ3v) is 7.22. The highest BCUT2D eigenvalue weighted by Gasteiger charge is 2.17. The van der Waals surface area contributed by atoms with Crippen molar-refractivity contribution < 1.29 is 19.2 Å². The molecule has 0 unspecified atom stereocenters. The van der Waals surface area contributed by atoms with Gasteiger partial charge < -0.3 is 9.40 Å². The molecule has 204 valence electrons. The van der Waals surface area contributed by atoms with E-state index in [0.29, 0.717) is 16.7 Å². The van der Waals surface area contributed by atoms with Crippen LogP contribution in [0.15, 0.2) is 126 Å². The van der Waals surface area contributed by atoms with Gasteiger partial charge in [0.25, 0.3) is 0 Å². The van der Waals surface area contributed by atoms with Crippen molar-refractivity contribution in [2.24, 2.45) is 5.16 Å². The fraction of sp³-hybridized carbons (Fsp3) is 0.0556. The van der Waals surface area contributed by atoms with Gasteiger partial charge in [0.1, 0.15) is 5.71 Å². The van der Waals surface area contributed by atoms with E-state index in [2.05, 4.69) is 14.6 Å². The normalized spacial score (nSPS) is 11.5. The molecule has 42 heavy (non-hydrogen) atoms. The number of Topliss-reactive ketones (excluding diaryl/α,β-unsaturated/α-hetero) is 1. The monoisotopic (exact) mass is 550 g/mol. The second-order valence-corrected chi connectivity index (χ2v) is 9.99. The van der Waals surface area contributed by atoms with Gasteiger partial charge in [0.15, 0.2) is 5.78 Å². The molecule has 6 rings (SSSR count). The fourth-order valence-corrected chi connectivity index (χ4v) is 5.15. The molecule has 6 nitrogen and oxygen atoms in total. The van der Waals surface area contributed by atoms with Gasteiger partial charge in [-0.1, -0.05) is 78.0 Å². The van der Waals surface area contributed by atoms with Gasteiger partial charge in [0.05, 0.1) is 11.0 Å². The first-order valence-electron chi connectivity index (χ1n) is 13.5. The first-order valence-corrected chi connectivity index (χ1v) is 13.5. The van der Waals surface area contributed by atoms with Crippen molar-refractivity contribution in [2.45, 2.75) is 13.8 Å². The number of ketones is 2. The molecule has 0 fully saturated rings. The molecule has 5 aromatic carbocycles. The van der Waals surface area contributed by atoms with E-state index in [-0.39, 0.29) is 17.3 Å². The molecule has 0 N–H and O–H groups in total. The van der Waals surface area contributed by atoms with Crippen molar-refractivity contribution in [1.82, 2.24) is 4.57 Å². The molecule has 0 aliphatic rings. The van der Waals surface area contributed by atoms with E-state index in [1.807, 2.05) is 115 Å². The van der Waals surface area contributed by atoms with Crippen molar-refractivity contribution in [3.8, 4) is 16.8 Å². The van der Waals surface area contributed by atoms with Gasteiger partial charge in [-0.3, -0.25) is 9.59 Å². The molecule has 0 amide bonds. The first-order chi connectivity index (χ1) is 20.4. The maximum atomic E-state index is 13.3. The molecule has 0 saturated heterocycles. The molecule has 6 heteroatoms. The summed E-state index contributed by atoms with van der Waals surface area (Å²) in [5.74, 6) is -0.957. The Morgan fingerprint density at radius 3 is 1.86 bits per heavy atom. The number of rotatable bonds is 7. The zero-order chi connectivity index (χ0) is 29.2. The number of carbonyl (C=O) groups excluding carboxylic acids is 3. The molecule has 1 aromatic heterocycles. The molecule has 6 aromatic rings. The summed E-state index contributed by atoms with van der Waals surface area (Å²) in [4.78, 5) is 42.0. The Morgan fingerprint density at radius 1 is 0.595 bits per heavy atom.